The second-order valence-corrected chi connectivity index (χ2v) is 3.86. The molecule has 0 aliphatic carbocycles. The molecule has 0 aliphatic rings. The second-order valence-electron chi connectivity index (χ2n) is 2.78. The molecule has 4 heteroatoms. The van der Waals surface area contributed by atoms with Crippen LogP contribution in [0.5, 0.6) is 0 Å². The van der Waals surface area contributed by atoms with Gasteiger partial charge in [-0.1, -0.05) is 15.9 Å². The Morgan fingerprint density at radius 1 is 1.46 bits per heavy atom. The Balaban J connectivity index is 2.83. The van der Waals surface area contributed by atoms with Crippen molar-refractivity contribution in [2.45, 2.75) is 11.3 Å². The SMILES string of the molecule is Nc1cc(S)cc(CC(=O)CBr)c1. The van der Waals surface area contributed by atoms with E-state index in [0.29, 0.717) is 17.4 Å². The van der Waals surface area contributed by atoms with Gasteiger partial charge in [-0.15, -0.1) is 12.6 Å². The van der Waals surface area contributed by atoms with Crippen LogP contribution in [-0.4, -0.2) is 11.1 Å². The van der Waals surface area contributed by atoms with Gasteiger partial charge in [-0.05, 0) is 23.8 Å². The summed E-state index contributed by atoms with van der Waals surface area (Å²) >= 11 is 7.28. The number of alkyl halides is 1. The Labute approximate surface area is 91.1 Å². The van der Waals surface area contributed by atoms with Crippen LogP contribution in [0.25, 0.3) is 0 Å². The number of thiol groups is 1. The molecule has 0 aromatic heterocycles. The van der Waals surface area contributed by atoms with Crippen LogP contribution in [0.3, 0.4) is 0 Å². The lowest BCUT2D eigenvalue weighted by Gasteiger charge is -2.02. The summed E-state index contributed by atoms with van der Waals surface area (Å²) < 4.78 is 0. The standard InChI is InChI=1S/C9H10BrNOS/c10-5-8(12)2-6-1-7(11)4-9(13)3-6/h1,3-4,13H,2,5,11H2. The molecular formula is C9H10BrNOS. The van der Waals surface area contributed by atoms with E-state index in [0.717, 1.165) is 10.5 Å². The van der Waals surface area contributed by atoms with Crippen molar-refractivity contribution in [3.05, 3.63) is 23.8 Å². The van der Waals surface area contributed by atoms with Crippen LogP contribution in [0.1, 0.15) is 5.56 Å². The zero-order chi connectivity index (χ0) is 9.84. The van der Waals surface area contributed by atoms with Crippen LogP contribution in [0.4, 0.5) is 5.69 Å². The van der Waals surface area contributed by atoms with Gasteiger partial charge in [0.15, 0.2) is 0 Å². The molecule has 0 bridgehead atoms. The van der Waals surface area contributed by atoms with Gasteiger partial charge in [0.05, 0.1) is 5.33 Å². The van der Waals surface area contributed by atoms with Gasteiger partial charge in [0.2, 0.25) is 0 Å². The van der Waals surface area contributed by atoms with Crippen molar-refractivity contribution >= 4 is 40.0 Å². The van der Waals surface area contributed by atoms with Gasteiger partial charge in [-0.2, -0.15) is 0 Å². The molecule has 0 aliphatic heterocycles. The van der Waals surface area contributed by atoms with Crippen molar-refractivity contribution in [1.82, 2.24) is 0 Å². The number of hydrogen-bond acceptors (Lipinski definition) is 3. The van der Waals surface area contributed by atoms with Crippen LogP contribution in [0.15, 0.2) is 23.1 Å². The van der Waals surface area contributed by atoms with E-state index in [9.17, 15) is 4.79 Å². The number of benzene rings is 1. The fourth-order valence-corrected chi connectivity index (χ4v) is 1.59. The summed E-state index contributed by atoms with van der Waals surface area (Å²) in [6, 6.07) is 5.39. The van der Waals surface area contributed by atoms with E-state index in [1.807, 2.05) is 6.07 Å². The topological polar surface area (TPSA) is 43.1 Å². The monoisotopic (exact) mass is 259 g/mol. The number of Topliss-reactive ketones (excluding diaryl/α,β-unsaturated/α-hetero) is 1. The zero-order valence-corrected chi connectivity index (χ0v) is 9.44. The number of carbonyl (C=O) groups excluding carboxylic acids is 1. The highest BCUT2D eigenvalue weighted by atomic mass is 79.9. The fraction of sp³-hybridized carbons (Fsp3) is 0.222. The number of hydrogen-bond donors (Lipinski definition) is 2. The number of rotatable bonds is 3. The highest BCUT2D eigenvalue weighted by Crippen LogP contribution is 2.15. The van der Waals surface area contributed by atoms with Crippen molar-refractivity contribution in [2.24, 2.45) is 0 Å². The molecule has 2 nitrogen and oxygen atoms in total. The summed E-state index contributed by atoms with van der Waals surface area (Å²) in [5, 5.41) is 0.379. The second kappa shape index (κ2) is 4.67. The van der Waals surface area contributed by atoms with Gasteiger partial charge in [-0.3, -0.25) is 4.79 Å². The number of nitrogens with two attached hydrogens (primary N) is 1. The fourth-order valence-electron chi connectivity index (χ4n) is 1.08. The summed E-state index contributed by atoms with van der Waals surface area (Å²) in [5.74, 6) is 0.137. The third kappa shape index (κ3) is 3.40. The van der Waals surface area contributed by atoms with Crippen molar-refractivity contribution < 1.29 is 4.79 Å². The molecule has 0 heterocycles. The molecule has 0 saturated carbocycles. The highest BCUT2D eigenvalue weighted by Gasteiger charge is 2.02. The molecule has 0 atom stereocenters. The first-order valence-corrected chi connectivity index (χ1v) is 5.35. The van der Waals surface area contributed by atoms with Crippen LogP contribution in [0, 0.1) is 0 Å². The summed E-state index contributed by atoms with van der Waals surface area (Å²) in [5.41, 5.74) is 7.16. The number of halogens is 1. The number of anilines is 1. The van der Waals surface area contributed by atoms with Gasteiger partial charge in [0.25, 0.3) is 0 Å². The lowest BCUT2D eigenvalue weighted by molar-refractivity contribution is -0.115. The molecule has 0 spiro atoms. The summed E-state index contributed by atoms with van der Waals surface area (Å²) in [7, 11) is 0. The average molecular weight is 260 g/mol. The number of ketones is 1. The lowest BCUT2D eigenvalue weighted by Crippen LogP contribution is -2.03. The van der Waals surface area contributed by atoms with E-state index < -0.39 is 0 Å². The van der Waals surface area contributed by atoms with Crippen LogP contribution in [-0.2, 0) is 11.2 Å². The smallest absolute Gasteiger partial charge is 0.147 e. The summed E-state index contributed by atoms with van der Waals surface area (Å²) in [4.78, 5) is 11.9. The normalized spacial score (nSPS) is 10.0. The van der Waals surface area contributed by atoms with E-state index in [1.54, 1.807) is 12.1 Å². The van der Waals surface area contributed by atoms with Gasteiger partial charge < -0.3 is 5.73 Å². The zero-order valence-electron chi connectivity index (χ0n) is 6.96. The van der Waals surface area contributed by atoms with E-state index in [4.69, 9.17) is 5.73 Å². The highest BCUT2D eigenvalue weighted by molar-refractivity contribution is 9.09. The molecule has 0 fully saturated rings. The third-order valence-electron chi connectivity index (χ3n) is 1.55. The van der Waals surface area contributed by atoms with Gasteiger partial charge in [-0.25, -0.2) is 0 Å². The molecule has 0 unspecified atom stereocenters. The number of carbonyl (C=O) groups is 1. The Kier molecular flexibility index (Phi) is 3.81. The van der Waals surface area contributed by atoms with Crippen molar-refractivity contribution in [1.29, 1.82) is 0 Å². The Morgan fingerprint density at radius 2 is 2.15 bits per heavy atom. The molecule has 70 valence electrons. The predicted octanol–water partition coefficient (Wildman–Crippen LogP) is 2.06. The minimum atomic E-state index is 0.137. The molecule has 1 aromatic rings. The number of nitrogen functional groups attached to an aromatic ring is 1. The first kappa shape index (κ1) is 10.6. The van der Waals surface area contributed by atoms with E-state index in [-0.39, 0.29) is 5.78 Å². The Hall–Kier alpha value is -0.480. The van der Waals surface area contributed by atoms with Crippen molar-refractivity contribution in [3.63, 3.8) is 0 Å². The minimum Gasteiger partial charge on any atom is -0.399 e. The van der Waals surface area contributed by atoms with Crippen molar-refractivity contribution in [3.8, 4) is 0 Å². The molecule has 2 N–H and O–H groups in total. The van der Waals surface area contributed by atoms with Crippen LogP contribution < -0.4 is 5.73 Å². The predicted molar refractivity (Wildman–Crippen MR) is 60.6 cm³/mol. The molecule has 1 aromatic carbocycles. The molecule has 0 radical (unpaired) electrons. The maximum absolute atomic E-state index is 11.1. The van der Waals surface area contributed by atoms with Gasteiger partial charge in [0.1, 0.15) is 5.78 Å². The third-order valence-corrected chi connectivity index (χ3v) is 2.43. The summed E-state index contributed by atoms with van der Waals surface area (Å²) in [6.45, 7) is 0. The Morgan fingerprint density at radius 3 is 2.69 bits per heavy atom. The maximum Gasteiger partial charge on any atom is 0.147 e. The maximum atomic E-state index is 11.1. The summed E-state index contributed by atoms with van der Waals surface area (Å²) in [6.07, 6.45) is 0.407. The van der Waals surface area contributed by atoms with Crippen LogP contribution in [0.2, 0.25) is 0 Å². The largest absolute Gasteiger partial charge is 0.399 e. The molecule has 13 heavy (non-hydrogen) atoms. The minimum absolute atomic E-state index is 0.137. The quantitative estimate of drug-likeness (QED) is 0.496. The molecule has 1 rings (SSSR count). The molecule has 0 saturated heterocycles. The average Bonchev–Trinajstić information content (AvgIpc) is 2.02. The van der Waals surface area contributed by atoms with E-state index >= 15 is 0 Å². The lowest BCUT2D eigenvalue weighted by atomic mass is 10.1. The van der Waals surface area contributed by atoms with Gasteiger partial charge >= 0.3 is 0 Å². The van der Waals surface area contributed by atoms with Gasteiger partial charge in [0, 0.05) is 17.0 Å². The van der Waals surface area contributed by atoms with E-state index in [1.165, 1.54) is 0 Å². The molecule has 0 amide bonds. The first-order valence-electron chi connectivity index (χ1n) is 3.78. The van der Waals surface area contributed by atoms with Crippen LogP contribution >= 0.6 is 28.6 Å². The first-order chi connectivity index (χ1) is 6.11. The molecular weight excluding hydrogens is 250 g/mol. The van der Waals surface area contributed by atoms with Crippen molar-refractivity contribution in [2.75, 3.05) is 11.1 Å². The Bertz CT molecular complexity index is 307. The van der Waals surface area contributed by atoms with E-state index in [2.05, 4.69) is 28.6 Å².